The van der Waals surface area contributed by atoms with Gasteiger partial charge in [0.25, 0.3) is 0 Å². The molecule has 2 rings (SSSR count). The molecular weight excluding hydrogens is 210 g/mol. The van der Waals surface area contributed by atoms with Crippen molar-refractivity contribution in [3.63, 3.8) is 0 Å². The third-order valence-corrected chi connectivity index (χ3v) is 2.65. The largest absolute Gasteiger partial charge is 0.381 e. The van der Waals surface area contributed by atoms with Crippen LogP contribution in [0.1, 0.15) is 10.7 Å². The zero-order chi connectivity index (χ0) is 10.7. The molecule has 0 saturated heterocycles. The SMILES string of the molecule is Cc1nc(CNc2nccnc2N)cs1. The number of rotatable bonds is 3. The first-order valence-electron chi connectivity index (χ1n) is 4.47. The Labute approximate surface area is 91.4 Å². The van der Waals surface area contributed by atoms with Gasteiger partial charge in [-0.2, -0.15) is 0 Å². The zero-order valence-electron chi connectivity index (χ0n) is 8.27. The van der Waals surface area contributed by atoms with Crippen molar-refractivity contribution in [3.8, 4) is 0 Å². The molecule has 15 heavy (non-hydrogen) atoms. The molecule has 2 heterocycles. The van der Waals surface area contributed by atoms with Gasteiger partial charge in [-0.05, 0) is 6.92 Å². The Balaban J connectivity index is 2.02. The molecule has 6 heteroatoms. The van der Waals surface area contributed by atoms with Crippen LogP contribution in [-0.4, -0.2) is 15.0 Å². The molecule has 2 aromatic heterocycles. The number of thiazole rings is 1. The number of hydrogen-bond acceptors (Lipinski definition) is 6. The van der Waals surface area contributed by atoms with Crippen LogP contribution in [0.4, 0.5) is 11.6 Å². The fourth-order valence-electron chi connectivity index (χ4n) is 1.15. The van der Waals surface area contributed by atoms with Gasteiger partial charge in [-0.3, -0.25) is 0 Å². The minimum absolute atomic E-state index is 0.407. The second-order valence-corrected chi connectivity index (χ2v) is 4.06. The Morgan fingerprint density at radius 2 is 2.20 bits per heavy atom. The summed E-state index contributed by atoms with van der Waals surface area (Å²) in [5.41, 5.74) is 6.62. The van der Waals surface area contributed by atoms with Gasteiger partial charge in [0.15, 0.2) is 11.6 Å². The van der Waals surface area contributed by atoms with Gasteiger partial charge in [0.1, 0.15) is 0 Å². The smallest absolute Gasteiger partial charge is 0.169 e. The molecule has 0 aromatic carbocycles. The lowest BCUT2D eigenvalue weighted by molar-refractivity contribution is 1.03. The van der Waals surface area contributed by atoms with Crippen molar-refractivity contribution < 1.29 is 0 Å². The molecule has 0 unspecified atom stereocenters. The van der Waals surface area contributed by atoms with Crippen LogP contribution in [0, 0.1) is 6.92 Å². The van der Waals surface area contributed by atoms with E-state index < -0.39 is 0 Å². The first-order valence-corrected chi connectivity index (χ1v) is 5.35. The van der Waals surface area contributed by atoms with Gasteiger partial charge in [-0.1, -0.05) is 0 Å². The number of aromatic nitrogens is 3. The number of nitrogens with zero attached hydrogens (tertiary/aromatic N) is 3. The molecule has 0 aliphatic heterocycles. The molecule has 3 N–H and O–H groups in total. The molecule has 0 amide bonds. The van der Waals surface area contributed by atoms with Crippen LogP contribution in [0.15, 0.2) is 17.8 Å². The van der Waals surface area contributed by atoms with Gasteiger partial charge in [-0.15, -0.1) is 11.3 Å². The predicted octanol–water partition coefficient (Wildman–Crippen LogP) is 1.44. The molecule has 0 saturated carbocycles. The fourth-order valence-corrected chi connectivity index (χ4v) is 1.76. The number of hydrogen-bond donors (Lipinski definition) is 2. The van der Waals surface area contributed by atoms with Gasteiger partial charge < -0.3 is 11.1 Å². The minimum Gasteiger partial charge on any atom is -0.381 e. The summed E-state index contributed by atoms with van der Waals surface area (Å²) in [5.74, 6) is 1.01. The van der Waals surface area contributed by atoms with E-state index >= 15 is 0 Å². The summed E-state index contributed by atoms with van der Waals surface area (Å²) in [4.78, 5) is 12.3. The normalized spacial score (nSPS) is 10.2. The summed E-state index contributed by atoms with van der Waals surface area (Å²) in [7, 11) is 0. The average Bonchev–Trinajstić information content (AvgIpc) is 2.63. The second kappa shape index (κ2) is 4.22. The lowest BCUT2D eigenvalue weighted by atomic mass is 10.4. The van der Waals surface area contributed by atoms with E-state index in [1.54, 1.807) is 23.7 Å². The number of nitrogen functional groups attached to an aromatic ring is 1. The molecule has 0 radical (unpaired) electrons. The molecule has 0 atom stereocenters. The first kappa shape index (κ1) is 9.85. The summed E-state index contributed by atoms with van der Waals surface area (Å²) in [6, 6.07) is 0. The summed E-state index contributed by atoms with van der Waals surface area (Å²) in [6.07, 6.45) is 3.17. The van der Waals surface area contributed by atoms with Crippen molar-refractivity contribution in [1.82, 2.24) is 15.0 Å². The number of nitrogens with one attached hydrogen (secondary N) is 1. The molecule has 0 aliphatic carbocycles. The summed E-state index contributed by atoms with van der Waals surface area (Å²) in [5, 5.41) is 6.15. The maximum Gasteiger partial charge on any atom is 0.169 e. The third kappa shape index (κ3) is 2.41. The van der Waals surface area contributed by atoms with Crippen molar-refractivity contribution in [1.29, 1.82) is 0 Å². The highest BCUT2D eigenvalue weighted by Gasteiger charge is 2.02. The monoisotopic (exact) mass is 221 g/mol. The molecular formula is C9H11N5S. The van der Waals surface area contributed by atoms with Crippen molar-refractivity contribution in [2.45, 2.75) is 13.5 Å². The average molecular weight is 221 g/mol. The summed E-state index contributed by atoms with van der Waals surface area (Å²) < 4.78 is 0. The van der Waals surface area contributed by atoms with Crippen LogP contribution in [0.25, 0.3) is 0 Å². The molecule has 0 fully saturated rings. The fraction of sp³-hybridized carbons (Fsp3) is 0.222. The van der Waals surface area contributed by atoms with E-state index in [0.29, 0.717) is 18.2 Å². The van der Waals surface area contributed by atoms with E-state index in [2.05, 4.69) is 20.3 Å². The molecule has 2 aromatic rings. The van der Waals surface area contributed by atoms with Crippen molar-refractivity contribution in [2.75, 3.05) is 11.1 Å². The topological polar surface area (TPSA) is 76.7 Å². The Hall–Kier alpha value is -1.69. The molecule has 78 valence electrons. The first-order chi connectivity index (χ1) is 7.25. The lowest BCUT2D eigenvalue weighted by Crippen LogP contribution is -2.05. The number of anilines is 2. The standard InChI is InChI=1S/C9H11N5S/c1-6-14-7(5-15-6)4-13-9-8(10)11-2-3-12-9/h2-3,5H,4H2,1H3,(H2,10,11)(H,12,13). The molecule has 0 bridgehead atoms. The highest BCUT2D eigenvalue weighted by Crippen LogP contribution is 2.13. The van der Waals surface area contributed by atoms with Gasteiger partial charge in [-0.25, -0.2) is 15.0 Å². The number of aryl methyl sites for hydroxylation is 1. The van der Waals surface area contributed by atoms with Gasteiger partial charge in [0, 0.05) is 17.8 Å². The van der Waals surface area contributed by atoms with Gasteiger partial charge >= 0.3 is 0 Å². The van der Waals surface area contributed by atoms with Crippen LogP contribution in [0.2, 0.25) is 0 Å². The lowest BCUT2D eigenvalue weighted by Gasteiger charge is -2.04. The molecule has 0 aliphatic rings. The second-order valence-electron chi connectivity index (χ2n) is 3.00. The Morgan fingerprint density at radius 1 is 1.40 bits per heavy atom. The van der Waals surface area contributed by atoms with Crippen molar-refractivity contribution >= 4 is 23.0 Å². The van der Waals surface area contributed by atoms with E-state index in [0.717, 1.165) is 10.7 Å². The maximum atomic E-state index is 5.64. The van der Waals surface area contributed by atoms with Crippen LogP contribution in [-0.2, 0) is 6.54 Å². The summed E-state index contributed by atoms with van der Waals surface area (Å²) in [6.45, 7) is 2.60. The van der Waals surface area contributed by atoms with Crippen LogP contribution < -0.4 is 11.1 Å². The Bertz CT molecular complexity index is 453. The highest BCUT2D eigenvalue weighted by atomic mass is 32.1. The van der Waals surface area contributed by atoms with Crippen molar-refractivity contribution in [2.24, 2.45) is 0 Å². The van der Waals surface area contributed by atoms with E-state index in [1.165, 1.54) is 0 Å². The maximum absolute atomic E-state index is 5.64. The minimum atomic E-state index is 0.407. The van der Waals surface area contributed by atoms with E-state index in [-0.39, 0.29) is 0 Å². The van der Waals surface area contributed by atoms with E-state index in [1.807, 2.05) is 12.3 Å². The van der Waals surface area contributed by atoms with E-state index in [9.17, 15) is 0 Å². The van der Waals surface area contributed by atoms with Gasteiger partial charge in [0.2, 0.25) is 0 Å². The highest BCUT2D eigenvalue weighted by molar-refractivity contribution is 7.09. The predicted molar refractivity (Wildman–Crippen MR) is 60.6 cm³/mol. The number of nitrogens with two attached hydrogens (primary N) is 1. The van der Waals surface area contributed by atoms with Crippen molar-refractivity contribution in [3.05, 3.63) is 28.5 Å². The molecule has 0 spiro atoms. The Morgan fingerprint density at radius 3 is 2.87 bits per heavy atom. The van der Waals surface area contributed by atoms with E-state index in [4.69, 9.17) is 5.73 Å². The summed E-state index contributed by atoms with van der Waals surface area (Å²) >= 11 is 1.63. The van der Waals surface area contributed by atoms with Crippen LogP contribution >= 0.6 is 11.3 Å². The Kier molecular flexibility index (Phi) is 2.77. The van der Waals surface area contributed by atoms with Crippen LogP contribution in [0.5, 0.6) is 0 Å². The van der Waals surface area contributed by atoms with Gasteiger partial charge in [0.05, 0.1) is 17.2 Å². The quantitative estimate of drug-likeness (QED) is 0.820. The van der Waals surface area contributed by atoms with Crippen LogP contribution in [0.3, 0.4) is 0 Å². The molecule has 5 nitrogen and oxygen atoms in total. The zero-order valence-corrected chi connectivity index (χ0v) is 9.08. The third-order valence-electron chi connectivity index (χ3n) is 1.83.